The predicted molar refractivity (Wildman–Crippen MR) is 448 cm³/mol. The molecule has 3 saturated heterocycles. The standard InChI is InChI=1S/C92H167NO18/c1-3-5-7-9-11-13-15-17-19-21-23-25-27-29-31-33-34-35-36-37-38-39-40-42-44-46-48-50-52-54-56-58-60-62-64-66-68-70-80(98)93-75(76(97)69-67-65-63-61-59-57-55-53-51-49-47-45-43-41-32-30-28-26-24-22-20-18-16-14-12-10-8-6-4-2)74-106-90-86(104)83(101)88(78(72-95)108-90)111-92-87(105)84(102)89(79(73-96)109-92)110-91-85(103)82(100)81(99)77(71-94)107-91/h5,7,11,13,17,19,23,25,29,31,67,69,75-79,81-92,94-97,99-105H,3-4,6,8-10,12,14-16,18,20-22,24,26-28,30,32-66,68,70-74H2,1-2H3,(H,93,98)/b7-5-,13-11-,19-17-,25-23-,31-29-,69-67+. The van der Waals surface area contributed by atoms with Crippen molar-refractivity contribution in [2.45, 2.75) is 478 Å². The molecular formula is C92H167NO18. The van der Waals surface area contributed by atoms with Crippen molar-refractivity contribution in [3.8, 4) is 0 Å². The number of allylic oxidation sites excluding steroid dienone is 11. The molecule has 3 aliphatic heterocycles. The third-order valence-corrected chi connectivity index (χ3v) is 22.5. The second kappa shape index (κ2) is 71.3. The zero-order valence-corrected chi connectivity index (χ0v) is 69.9. The summed E-state index contributed by atoms with van der Waals surface area (Å²) in [5.41, 5.74) is 0. The number of amides is 1. The highest BCUT2D eigenvalue weighted by Gasteiger charge is 2.54. The van der Waals surface area contributed by atoms with E-state index in [9.17, 15) is 61.0 Å². The van der Waals surface area contributed by atoms with E-state index in [-0.39, 0.29) is 18.9 Å². The molecule has 0 spiro atoms. The summed E-state index contributed by atoms with van der Waals surface area (Å²) in [5.74, 6) is -0.269. The lowest BCUT2D eigenvalue weighted by Gasteiger charge is -2.48. The monoisotopic (exact) mass is 1570 g/mol. The molecule has 0 aromatic rings. The molecule has 0 bridgehead atoms. The Morgan fingerprint density at radius 1 is 0.333 bits per heavy atom. The van der Waals surface area contributed by atoms with Crippen LogP contribution in [0.2, 0.25) is 0 Å². The van der Waals surface area contributed by atoms with Crippen LogP contribution in [-0.2, 0) is 33.2 Å². The molecule has 0 aromatic carbocycles. The number of hydrogen-bond acceptors (Lipinski definition) is 18. The van der Waals surface area contributed by atoms with Crippen molar-refractivity contribution < 1.29 is 89.4 Å². The Labute approximate surface area is 674 Å². The van der Waals surface area contributed by atoms with Crippen molar-refractivity contribution in [3.63, 3.8) is 0 Å². The van der Waals surface area contributed by atoms with Gasteiger partial charge in [0.15, 0.2) is 18.9 Å². The molecule has 648 valence electrons. The number of aliphatic hydroxyl groups excluding tert-OH is 11. The molecule has 19 heteroatoms. The highest BCUT2D eigenvalue weighted by molar-refractivity contribution is 5.76. The molecule has 3 rings (SSSR count). The Morgan fingerprint density at radius 2 is 0.622 bits per heavy atom. The lowest BCUT2D eigenvalue weighted by atomic mass is 9.96. The van der Waals surface area contributed by atoms with Crippen molar-refractivity contribution in [2.75, 3.05) is 26.4 Å². The lowest BCUT2D eigenvalue weighted by Crippen LogP contribution is -2.66. The van der Waals surface area contributed by atoms with Crippen molar-refractivity contribution in [3.05, 3.63) is 72.9 Å². The summed E-state index contributed by atoms with van der Waals surface area (Å²) >= 11 is 0. The quantitative estimate of drug-likeness (QED) is 0.0199. The minimum atomic E-state index is -1.98. The van der Waals surface area contributed by atoms with E-state index in [1.807, 2.05) is 6.08 Å². The van der Waals surface area contributed by atoms with Crippen LogP contribution in [-0.4, -0.2) is 193 Å². The van der Waals surface area contributed by atoms with Crippen LogP contribution in [0.15, 0.2) is 72.9 Å². The number of ether oxygens (including phenoxy) is 6. The van der Waals surface area contributed by atoms with E-state index in [1.54, 1.807) is 6.08 Å². The first-order valence-electron chi connectivity index (χ1n) is 45.7. The van der Waals surface area contributed by atoms with E-state index in [1.165, 1.54) is 270 Å². The molecule has 3 aliphatic rings. The number of hydrogen-bond donors (Lipinski definition) is 12. The zero-order valence-electron chi connectivity index (χ0n) is 69.9. The van der Waals surface area contributed by atoms with E-state index in [2.05, 4.69) is 79.9 Å². The van der Waals surface area contributed by atoms with E-state index in [0.717, 1.165) is 77.0 Å². The first-order valence-corrected chi connectivity index (χ1v) is 45.7. The number of carbonyl (C=O) groups is 1. The number of nitrogens with one attached hydrogen (secondary N) is 1. The smallest absolute Gasteiger partial charge is 0.220 e. The zero-order chi connectivity index (χ0) is 80.3. The second-order valence-electron chi connectivity index (χ2n) is 32.4. The Bertz CT molecular complexity index is 2280. The highest BCUT2D eigenvalue weighted by Crippen LogP contribution is 2.34. The summed E-state index contributed by atoms with van der Waals surface area (Å²) in [6, 6.07) is -0.976. The summed E-state index contributed by atoms with van der Waals surface area (Å²) < 4.78 is 34.5. The Balaban J connectivity index is 1.32. The van der Waals surface area contributed by atoms with E-state index in [4.69, 9.17) is 28.4 Å². The number of unbranched alkanes of at least 4 members (excludes halogenated alkanes) is 48. The van der Waals surface area contributed by atoms with Gasteiger partial charge in [0, 0.05) is 6.42 Å². The van der Waals surface area contributed by atoms with Gasteiger partial charge in [-0.15, -0.1) is 0 Å². The second-order valence-corrected chi connectivity index (χ2v) is 32.4. The summed E-state index contributed by atoms with van der Waals surface area (Å²) in [6.45, 7) is 1.68. The normalized spacial score (nSPS) is 25.4. The summed E-state index contributed by atoms with van der Waals surface area (Å²) in [7, 11) is 0. The van der Waals surface area contributed by atoms with Crippen molar-refractivity contribution in [1.29, 1.82) is 0 Å². The van der Waals surface area contributed by atoms with Gasteiger partial charge in [-0.1, -0.05) is 376 Å². The average Bonchev–Trinajstić information content (AvgIpc) is 0.779. The van der Waals surface area contributed by atoms with Crippen LogP contribution in [0.5, 0.6) is 0 Å². The fourth-order valence-electron chi connectivity index (χ4n) is 15.3. The maximum absolute atomic E-state index is 13.5. The van der Waals surface area contributed by atoms with Gasteiger partial charge in [0.25, 0.3) is 0 Å². The molecule has 0 radical (unpaired) electrons. The number of carbonyl (C=O) groups excluding carboxylic acids is 1. The molecule has 1 amide bonds. The first kappa shape index (κ1) is 102. The van der Waals surface area contributed by atoms with Gasteiger partial charge in [-0.25, -0.2) is 0 Å². The van der Waals surface area contributed by atoms with Crippen molar-refractivity contribution >= 4 is 5.91 Å². The van der Waals surface area contributed by atoms with Crippen LogP contribution in [0.4, 0.5) is 0 Å². The molecule has 17 atom stereocenters. The highest BCUT2D eigenvalue weighted by atomic mass is 16.8. The van der Waals surface area contributed by atoms with Crippen molar-refractivity contribution in [1.82, 2.24) is 5.32 Å². The SMILES string of the molecule is CC/C=C\C/C=C\C/C=C\C/C=C\C/C=C\CCCCCCCCCCCCCCCCCCCCCCCC(=O)NC(COC1OC(CO)C(OC2OC(CO)C(OC3OC(CO)C(O)C(O)C3O)C(O)C2O)C(O)C1O)C(O)/C=C/CCCCCCCCCCCCCCCCCCCCCCCCCCCCC. The van der Waals surface area contributed by atoms with Crippen molar-refractivity contribution in [2.24, 2.45) is 0 Å². The van der Waals surface area contributed by atoms with Gasteiger partial charge < -0.3 is 89.9 Å². The third-order valence-electron chi connectivity index (χ3n) is 22.5. The number of rotatable bonds is 74. The van der Waals surface area contributed by atoms with Crippen LogP contribution in [0, 0.1) is 0 Å². The van der Waals surface area contributed by atoms with E-state index >= 15 is 0 Å². The molecule has 3 heterocycles. The molecule has 12 N–H and O–H groups in total. The van der Waals surface area contributed by atoms with Gasteiger partial charge >= 0.3 is 0 Å². The molecule has 17 unspecified atom stereocenters. The number of aliphatic hydroxyl groups is 11. The lowest BCUT2D eigenvalue weighted by molar-refractivity contribution is -0.379. The fraction of sp³-hybridized carbons (Fsp3) is 0.859. The molecule has 19 nitrogen and oxygen atoms in total. The van der Waals surface area contributed by atoms with Gasteiger partial charge in [0.1, 0.15) is 73.2 Å². The first-order chi connectivity index (χ1) is 54.3. The van der Waals surface area contributed by atoms with Gasteiger partial charge in [-0.2, -0.15) is 0 Å². The van der Waals surface area contributed by atoms with Gasteiger partial charge in [0.2, 0.25) is 5.91 Å². The van der Waals surface area contributed by atoms with Gasteiger partial charge in [0.05, 0.1) is 38.6 Å². The fourth-order valence-corrected chi connectivity index (χ4v) is 15.3. The largest absolute Gasteiger partial charge is 0.394 e. The summed E-state index contributed by atoms with van der Waals surface area (Å²) in [5, 5.41) is 121. The molecular weight excluding hydrogens is 1410 g/mol. The summed E-state index contributed by atoms with van der Waals surface area (Å²) in [6.07, 6.45) is 69.1. The van der Waals surface area contributed by atoms with Gasteiger partial charge in [-0.05, 0) is 64.2 Å². The van der Waals surface area contributed by atoms with E-state index in [0.29, 0.717) is 6.42 Å². The Kier molecular flexibility index (Phi) is 65.8. The average molecular weight is 1580 g/mol. The maximum Gasteiger partial charge on any atom is 0.220 e. The van der Waals surface area contributed by atoms with Crippen LogP contribution in [0.25, 0.3) is 0 Å². The minimum absolute atomic E-state index is 0.245. The predicted octanol–water partition coefficient (Wildman–Crippen LogP) is 17.5. The molecule has 111 heavy (non-hydrogen) atoms. The Hall–Kier alpha value is -2.77. The third kappa shape index (κ3) is 49.9. The Morgan fingerprint density at radius 3 is 0.973 bits per heavy atom. The topological polar surface area (TPSA) is 307 Å². The molecule has 0 aromatic heterocycles. The maximum atomic E-state index is 13.5. The molecule has 0 saturated carbocycles. The van der Waals surface area contributed by atoms with Crippen LogP contribution < -0.4 is 5.32 Å². The minimum Gasteiger partial charge on any atom is -0.394 e. The van der Waals surface area contributed by atoms with Gasteiger partial charge in [-0.3, -0.25) is 4.79 Å². The van der Waals surface area contributed by atoms with E-state index < -0.39 is 124 Å². The molecule has 0 aliphatic carbocycles. The van der Waals surface area contributed by atoms with Crippen LogP contribution in [0.3, 0.4) is 0 Å². The molecule has 3 fully saturated rings. The van der Waals surface area contributed by atoms with Crippen LogP contribution in [0.1, 0.15) is 373 Å². The van der Waals surface area contributed by atoms with Crippen LogP contribution >= 0.6 is 0 Å². The summed E-state index contributed by atoms with van der Waals surface area (Å²) in [4.78, 5) is 13.5.